The summed E-state index contributed by atoms with van der Waals surface area (Å²) in [6, 6.07) is 6.14. The van der Waals surface area contributed by atoms with Crippen LogP contribution in [0.25, 0.3) is 22.0 Å². The fourth-order valence-corrected chi connectivity index (χ4v) is 2.92. The Bertz CT molecular complexity index is 902. The van der Waals surface area contributed by atoms with Crippen molar-refractivity contribution in [3.8, 4) is 11.1 Å². The number of rotatable bonds is 2. The molecule has 1 aliphatic rings. The number of aromatic nitrogens is 4. The van der Waals surface area contributed by atoms with Gasteiger partial charge >= 0.3 is 0 Å². The maximum atomic E-state index is 12.9. The zero-order valence-corrected chi connectivity index (χ0v) is 12.1. The van der Waals surface area contributed by atoms with Gasteiger partial charge in [0.1, 0.15) is 5.82 Å². The summed E-state index contributed by atoms with van der Waals surface area (Å²) < 4.78 is 3.59. The summed E-state index contributed by atoms with van der Waals surface area (Å²) in [5, 5.41) is 4.90. The first-order chi connectivity index (χ1) is 10.1. The van der Waals surface area contributed by atoms with E-state index in [1.54, 1.807) is 10.9 Å². The van der Waals surface area contributed by atoms with Crippen molar-refractivity contribution in [3.63, 3.8) is 0 Å². The van der Waals surface area contributed by atoms with Crippen molar-refractivity contribution < 1.29 is 0 Å². The van der Waals surface area contributed by atoms with Gasteiger partial charge in [0.2, 0.25) is 0 Å². The van der Waals surface area contributed by atoms with Crippen molar-refractivity contribution >= 4 is 10.9 Å². The highest BCUT2D eigenvalue weighted by Crippen LogP contribution is 2.35. The monoisotopic (exact) mass is 280 g/mol. The van der Waals surface area contributed by atoms with Gasteiger partial charge in [-0.05, 0) is 31.4 Å². The number of nitrogens with zero attached hydrogens (tertiary/aromatic N) is 4. The molecule has 0 unspecified atom stereocenters. The molecular weight excluding hydrogens is 264 g/mol. The summed E-state index contributed by atoms with van der Waals surface area (Å²) in [6.07, 6.45) is 5.86. The van der Waals surface area contributed by atoms with Gasteiger partial charge in [-0.1, -0.05) is 12.1 Å². The molecule has 5 nitrogen and oxygen atoms in total. The van der Waals surface area contributed by atoms with E-state index >= 15 is 0 Å². The molecule has 1 saturated carbocycles. The molecule has 0 bridgehead atoms. The van der Waals surface area contributed by atoms with Gasteiger partial charge < -0.3 is 0 Å². The van der Waals surface area contributed by atoms with Crippen molar-refractivity contribution in [1.29, 1.82) is 0 Å². The maximum Gasteiger partial charge on any atom is 0.262 e. The summed E-state index contributed by atoms with van der Waals surface area (Å²) in [5.74, 6) is 0.804. The van der Waals surface area contributed by atoms with Crippen LogP contribution in [0.1, 0.15) is 24.7 Å². The van der Waals surface area contributed by atoms with Crippen LogP contribution in [0.5, 0.6) is 0 Å². The third-order valence-corrected chi connectivity index (χ3v) is 4.03. The maximum absolute atomic E-state index is 12.9. The van der Waals surface area contributed by atoms with Gasteiger partial charge in [-0.25, -0.2) is 4.98 Å². The zero-order chi connectivity index (χ0) is 14.6. The van der Waals surface area contributed by atoms with Crippen LogP contribution in [0.3, 0.4) is 0 Å². The van der Waals surface area contributed by atoms with Crippen LogP contribution in [0, 0.1) is 6.92 Å². The predicted octanol–water partition coefficient (Wildman–Crippen LogP) is 2.44. The zero-order valence-electron chi connectivity index (χ0n) is 12.1. The Morgan fingerprint density at radius 3 is 2.76 bits per heavy atom. The number of hydrogen-bond acceptors (Lipinski definition) is 3. The molecule has 5 heteroatoms. The average molecular weight is 280 g/mol. The largest absolute Gasteiger partial charge is 0.293 e. The smallest absolute Gasteiger partial charge is 0.262 e. The van der Waals surface area contributed by atoms with Crippen LogP contribution in [0.4, 0.5) is 0 Å². The second-order valence-electron chi connectivity index (χ2n) is 5.67. The quantitative estimate of drug-likeness (QED) is 0.724. The predicted molar refractivity (Wildman–Crippen MR) is 81.2 cm³/mol. The molecule has 0 spiro atoms. The highest BCUT2D eigenvalue weighted by atomic mass is 16.1. The molecule has 4 rings (SSSR count). The van der Waals surface area contributed by atoms with E-state index in [-0.39, 0.29) is 5.56 Å². The molecule has 0 N–H and O–H groups in total. The average Bonchev–Trinajstić information content (AvgIpc) is 3.19. The van der Waals surface area contributed by atoms with E-state index in [0.29, 0.717) is 11.4 Å². The fourth-order valence-electron chi connectivity index (χ4n) is 2.92. The second-order valence-corrected chi connectivity index (χ2v) is 5.67. The molecule has 1 aromatic carbocycles. The third kappa shape index (κ3) is 1.88. The molecule has 3 aromatic rings. The van der Waals surface area contributed by atoms with Crippen LogP contribution < -0.4 is 5.56 Å². The summed E-state index contributed by atoms with van der Waals surface area (Å²) in [7, 11) is 1.87. The molecule has 106 valence electrons. The number of hydrogen-bond donors (Lipinski definition) is 0. The van der Waals surface area contributed by atoms with Crippen LogP contribution in [0.15, 0.2) is 35.4 Å². The van der Waals surface area contributed by atoms with Crippen LogP contribution >= 0.6 is 0 Å². The Balaban J connectivity index is 2.08. The lowest BCUT2D eigenvalue weighted by Gasteiger charge is -2.11. The van der Waals surface area contributed by atoms with Crippen molar-refractivity contribution in [2.75, 3.05) is 0 Å². The van der Waals surface area contributed by atoms with E-state index < -0.39 is 0 Å². The Labute approximate surface area is 121 Å². The Kier molecular flexibility index (Phi) is 2.51. The molecule has 1 aliphatic carbocycles. The van der Waals surface area contributed by atoms with Crippen molar-refractivity contribution in [2.24, 2.45) is 7.05 Å². The Morgan fingerprint density at radius 1 is 1.29 bits per heavy atom. The van der Waals surface area contributed by atoms with Gasteiger partial charge in [0, 0.05) is 24.8 Å². The first-order valence-corrected chi connectivity index (χ1v) is 7.16. The van der Waals surface area contributed by atoms with Gasteiger partial charge in [0.25, 0.3) is 5.56 Å². The molecular formula is C16H16N4O. The lowest BCUT2D eigenvalue weighted by atomic mass is 10.0. The lowest BCUT2D eigenvalue weighted by molar-refractivity contribution is 0.668. The molecule has 1 fully saturated rings. The van der Waals surface area contributed by atoms with Gasteiger partial charge in [0.05, 0.1) is 17.1 Å². The molecule has 0 saturated heterocycles. The van der Waals surface area contributed by atoms with Gasteiger partial charge in [-0.15, -0.1) is 0 Å². The van der Waals surface area contributed by atoms with Crippen LogP contribution in [-0.4, -0.2) is 19.3 Å². The summed E-state index contributed by atoms with van der Waals surface area (Å²) in [4.78, 5) is 17.6. The summed E-state index contributed by atoms with van der Waals surface area (Å²) >= 11 is 0. The van der Waals surface area contributed by atoms with E-state index in [4.69, 9.17) is 0 Å². The normalized spacial score (nSPS) is 14.8. The minimum atomic E-state index is 0.0689. The van der Waals surface area contributed by atoms with Crippen LogP contribution in [-0.2, 0) is 7.05 Å². The minimum Gasteiger partial charge on any atom is -0.293 e. The van der Waals surface area contributed by atoms with E-state index in [1.807, 2.05) is 42.9 Å². The molecule has 2 aromatic heterocycles. The highest BCUT2D eigenvalue weighted by molar-refractivity contribution is 5.93. The van der Waals surface area contributed by atoms with Crippen LogP contribution in [0.2, 0.25) is 0 Å². The number of aryl methyl sites for hydroxylation is 2. The standard InChI is InChI=1S/C16H16N4O/c1-10-18-14-5-3-4-13(11-8-17-19(2)9-11)15(14)16(21)20(10)12-6-7-12/h3-5,8-9,12H,6-7H2,1-2H3. The summed E-state index contributed by atoms with van der Waals surface area (Å²) in [6.45, 7) is 1.91. The highest BCUT2D eigenvalue weighted by Gasteiger charge is 2.27. The molecule has 0 amide bonds. The van der Waals surface area contributed by atoms with E-state index in [1.165, 1.54) is 0 Å². The fraction of sp³-hybridized carbons (Fsp3) is 0.312. The second kappa shape index (κ2) is 4.28. The van der Waals surface area contributed by atoms with Crippen molar-refractivity contribution in [2.45, 2.75) is 25.8 Å². The Morgan fingerprint density at radius 2 is 2.10 bits per heavy atom. The molecule has 21 heavy (non-hydrogen) atoms. The number of fused-ring (bicyclic) bond motifs is 1. The summed E-state index contributed by atoms with van der Waals surface area (Å²) in [5.41, 5.74) is 2.69. The molecule has 2 heterocycles. The number of benzene rings is 1. The van der Waals surface area contributed by atoms with Crippen molar-refractivity contribution in [3.05, 3.63) is 46.8 Å². The minimum absolute atomic E-state index is 0.0689. The Hall–Kier alpha value is -2.43. The molecule has 0 radical (unpaired) electrons. The first-order valence-electron chi connectivity index (χ1n) is 7.16. The molecule has 0 atom stereocenters. The van der Waals surface area contributed by atoms with Gasteiger partial charge in [-0.2, -0.15) is 5.10 Å². The molecule has 0 aliphatic heterocycles. The lowest BCUT2D eigenvalue weighted by Crippen LogP contribution is -2.23. The third-order valence-electron chi connectivity index (χ3n) is 4.03. The van der Waals surface area contributed by atoms with E-state index in [9.17, 15) is 4.79 Å². The van der Waals surface area contributed by atoms with Crippen molar-refractivity contribution in [1.82, 2.24) is 19.3 Å². The van der Waals surface area contributed by atoms with Gasteiger partial charge in [-0.3, -0.25) is 14.0 Å². The van der Waals surface area contributed by atoms with E-state index in [2.05, 4.69) is 10.1 Å². The van der Waals surface area contributed by atoms with Gasteiger partial charge in [0.15, 0.2) is 0 Å². The first kappa shape index (κ1) is 12.3. The van der Waals surface area contributed by atoms with E-state index in [0.717, 1.165) is 35.3 Å². The topological polar surface area (TPSA) is 52.7 Å². The SMILES string of the molecule is Cc1nc2cccc(-c3cnn(C)c3)c2c(=O)n1C1CC1.